The highest BCUT2D eigenvalue weighted by Crippen LogP contribution is 2.36. The van der Waals surface area contributed by atoms with E-state index in [1.807, 2.05) is 13.8 Å². The lowest BCUT2D eigenvalue weighted by Gasteiger charge is -2.35. The van der Waals surface area contributed by atoms with Crippen LogP contribution in [0.25, 0.3) is 0 Å². The number of rotatable bonds is 2. The summed E-state index contributed by atoms with van der Waals surface area (Å²) in [5.74, 6) is 0.628. The van der Waals surface area contributed by atoms with Crippen LogP contribution in [0.5, 0.6) is 0 Å². The average Bonchev–Trinajstić information content (AvgIpc) is 2.10. The van der Waals surface area contributed by atoms with E-state index in [2.05, 4.69) is 6.92 Å². The highest BCUT2D eigenvalue weighted by atomic mass is 19.1. The summed E-state index contributed by atoms with van der Waals surface area (Å²) in [6.07, 6.45) is 1.78. The Morgan fingerprint density at radius 2 is 2.00 bits per heavy atom. The predicted octanol–water partition coefficient (Wildman–Crippen LogP) is 3.44. The van der Waals surface area contributed by atoms with E-state index in [4.69, 9.17) is 5.41 Å². The molecule has 3 unspecified atom stereocenters. The van der Waals surface area contributed by atoms with Crippen molar-refractivity contribution in [1.29, 1.82) is 5.41 Å². The summed E-state index contributed by atoms with van der Waals surface area (Å²) >= 11 is 0. The lowest BCUT2D eigenvalue weighted by Crippen LogP contribution is -2.36. The van der Waals surface area contributed by atoms with Gasteiger partial charge in [-0.25, -0.2) is 4.39 Å². The van der Waals surface area contributed by atoms with E-state index in [1.165, 1.54) is 0 Å². The van der Waals surface area contributed by atoms with Gasteiger partial charge in [-0.3, -0.25) is 0 Å². The lowest BCUT2D eigenvalue weighted by molar-refractivity contribution is 0.113. The first-order valence-electron chi connectivity index (χ1n) is 5.27. The fourth-order valence-electron chi connectivity index (χ4n) is 2.42. The van der Waals surface area contributed by atoms with Crippen molar-refractivity contribution in [3.63, 3.8) is 0 Å². The van der Waals surface area contributed by atoms with Crippen molar-refractivity contribution in [2.24, 2.45) is 17.8 Å². The fraction of sp³-hybridized carbons (Fsp3) is 0.909. The molecule has 0 aromatic carbocycles. The second-order valence-electron chi connectivity index (χ2n) is 4.48. The number of hydrogen-bond donors (Lipinski definition) is 1. The van der Waals surface area contributed by atoms with E-state index in [-0.39, 0.29) is 11.8 Å². The first kappa shape index (κ1) is 10.7. The van der Waals surface area contributed by atoms with Gasteiger partial charge in [-0.15, -0.1) is 0 Å². The van der Waals surface area contributed by atoms with Crippen LogP contribution in [0, 0.1) is 23.2 Å². The summed E-state index contributed by atoms with van der Waals surface area (Å²) in [6.45, 7) is 6.08. The Kier molecular flexibility index (Phi) is 3.46. The summed E-state index contributed by atoms with van der Waals surface area (Å²) < 4.78 is 13.7. The molecule has 1 fully saturated rings. The van der Waals surface area contributed by atoms with E-state index < -0.39 is 6.17 Å². The van der Waals surface area contributed by atoms with E-state index in [0.29, 0.717) is 18.1 Å². The van der Waals surface area contributed by atoms with E-state index in [1.54, 1.807) is 0 Å². The summed E-state index contributed by atoms with van der Waals surface area (Å²) in [5, 5.41) is 7.70. The van der Waals surface area contributed by atoms with Crippen LogP contribution in [0.3, 0.4) is 0 Å². The molecule has 0 aliphatic heterocycles. The van der Waals surface area contributed by atoms with Gasteiger partial charge in [-0.05, 0) is 31.1 Å². The minimum Gasteiger partial charge on any atom is -0.309 e. The Labute approximate surface area is 80.2 Å². The monoisotopic (exact) mass is 185 g/mol. The minimum atomic E-state index is -0.774. The first-order chi connectivity index (χ1) is 6.06. The zero-order chi connectivity index (χ0) is 10.0. The van der Waals surface area contributed by atoms with Crippen LogP contribution < -0.4 is 0 Å². The summed E-state index contributed by atoms with van der Waals surface area (Å²) in [4.78, 5) is 0. The van der Waals surface area contributed by atoms with Crippen LogP contribution in [0.1, 0.15) is 40.0 Å². The third-order valence-electron chi connectivity index (χ3n) is 3.19. The molecule has 0 saturated heterocycles. The minimum absolute atomic E-state index is 0.0938. The van der Waals surface area contributed by atoms with Crippen LogP contribution in [-0.2, 0) is 0 Å². The smallest absolute Gasteiger partial charge is 0.111 e. The van der Waals surface area contributed by atoms with Crippen LogP contribution in [-0.4, -0.2) is 11.9 Å². The second-order valence-corrected chi connectivity index (χ2v) is 4.48. The van der Waals surface area contributed by atoms with Gasteiger partial charge in [0.15, 0.2) is 0 Å². The van der Waals surface area contributed by atoms with Crippen molar-refractivity contribution < 1.29 is 4.39 Å². The van der Waals surface area contributed by atoms with Gasteiger partial charge in [0.2, 0.25) is 0 Å². The Hall–Kier alpha value is -0.400. The van der Waals surface area contributed by atoms with Crippen LogP contribution in [0.2, 0.25) is 0 Å². The van der Waals surface area contributed by atoms with Gasteiger partial charge in [-0.2, -0.15) is 0 Å². The van der Waals surface area contributed by atoms with Crippen molar-refractivity contribution >= 4 is 5.71 Å². The van der Waals surface area contributed by atoms with Gasteiger partial charge in [0, 0.05) is 11.6 Å². The molecule has 13 heavy (non-hydrogen) atoms. The van der Waals surface area contributed by atoms with Crippen molar-refractivity contribution in [1.82, 2.24) is 0 Å². The zero-order valence-electron chi connectivity index (χ0n) is 8.81. The molecular weight excluding hydrogens is 165 g/mol. The van der Waals surface area contributed by atoms with Gasteiger partial charge < -0.3 is 5.41 Å². The number of alkyl halides is 1. The van der Waals surface area contributed by atoms with Crippen LogP contribution in [0.15, 0.2) is 0 Å². The molecule has 0 bridgehead atoms. The van der Waals surface area contributed by atoms with E-state index >= 15 is 0 Å². The summed E-state index contributed by atoms with van der Waals surface area (Å²) in [7, 11) is 0. The molecule has 0 heterocycles. The summed E-state index contributed by atoms with van der Waals surface area (Å²) in [5.41, 5.74) is 0.603. The molecule has 1 nitrogen and oxygen atoms in total. The maximum atomic E-state index is 13.7. The SMILES string of the molecule is CCC(=N)C1C[C@@H](C)CC(C)C1F. The Morgan fingerprint density at radius 1 is 1.38 bits per heavy atom. The largest absolute Gasteiger partial charge is 0.309 e. The molecular formula is C11H20FN. The highest BCUT2D eigenvalue weighted by Gasteiger charge is 2.35. The molecule has 2 heteroatoms. The van der Waals surface area contributed by atoms with Gasteiger partial charge in [0.05, 0.1) is 0 Å². The van der Waals surface area contributed by atoms with E-state index in [0.717, 1.165) is 12.8 Å². The molecule has 0 spiro atoms. The van der Waals surface area contributed by atoms with Crippen molar-refractivity contribution in [3.8, 4) is 0 Å². The van der Waals surface area contributed by atoms with Crippen LogP contribution >= 0.6 is 0 Å². The van der Waals surface area contributed by atoms with E-state index in [9.17, 15) is 4.39 Å². The molecule has 0 radical (unpaired) electrons. The van der Waals surface area contributed by atoms with Gasteiger partial charge in [-0.1, -0.05) is 20.8 Å². The Morgan fingerprint density at radius 3 is 2.54 bits per heavy atom. The highest BCUT2D eigenvalue weighted by molar-refractivity contribution is 5.84. The topological polar surface area (TPSA) is 23.9 Å². The zero-order valence-corrected chi connectivity index (χ0v) is 8.81. The molecule has 76 valence electrons. The van der Waals surface area contributed by atoms with Crippen molar-refractivity contribution in [3.05, 3.63) is 0 Å². The molecule has 0 aromatic heterocycles. The maximum absolute atomic E-state index is 13.7. The third-order valence-corrected chi connectivity index (χ3v) is 3.19. The lowest BCUT2D eigenvalue weighted by atomic mass is 9.73. The van der Waals surface area contributed by atoms with Crippen molar-refractivity contribution in [2.75, 3.05) is 0 Å². The maximum Gasteiger partial charge on any atom is 0.111 e. The van der Waals surface area contributed by atoms with Gasteiger partial charge >= 0.3 is 0 Å². The van der Waals surface area contributed by atoms with Gasteiger partial charge in [0.25, 0.3) is 0 Å². The molecule has 1 N–H and O–H groups in total. The average molecular weight is 185 g/mol. The second kappa shape index (κ2) is 4.21. The molecule has 1 aliphatic rings. The van der Waals surface area contributed by atoms with Gasteiger partial charge in [0.1, 0.15) is 6.17 Å². The fourth-order valence-corrected chi connectivity index (χ4v) is 2.42. The molecule has 0 aromatic rings. The standard InChI is InChI=1S/C11H20FN/c1-4-10(13)9-6-7(2)5-8(3)11(9)12/h7-9,11,13H,4-6H2,1-3H3/t7-,8?,9?,11?/m0/s1. The predicted molar refractivity (Wildman–Crippen MR) is 54.0 cm³/mol. The summed E-state index contributed by atoms with van der Waals surface area (Å²) in [6, 6.07) is 0. The number of halogens is 1. The molecule has 4 atom stereocenters. The molecule has 0 amide bonds. The molecule has 1 aliphatic carbocycles. The molecule has 1 saturated carbocycles. The normalized spacial score (nSPS) is 40.3. The number of hydrogen-bond acceptors (Lipinski definition) is 1. The Bertz CT molecular complexity index is 191. The third kappa shape index (κ3) is 2.29. The number of nitrogens with one attached hydrogen (secondary N) is 1. The van der Waals surface area contributed by atoms with Crippen LogP contribution in [0.4, 0.5) is 4.39 Å². The quantitative estimate of drug-likeness (QED) is 0.637. The Balaban J connectivity index is 2.66. The molecule has 1 rings (SSSR count). The van der Waals surface area contributed by atoms with Crippen molar-refractivity contribution in [2.45, 2.75) is 46.2 Å². The first-order valence-corrected chi connectivity index (χ1v) is 5.27.